The van der Waals surface area contributed by atoms with Crippen LogP contribution in [0.5, 0.6) is 5.75 Å². The van der Waals surface area contributed by atoms with Gasteiger partial charge in [-0.15, -0.1) is 0 Å². The molecule has 0 radical (unpaired) electrons. The van der Waals surface area contributed by atoms with Gasteiger partial charge in [-0.2, -0.15) is 0 Å². The molecule has 0 aliphatic heterocycles. The van der Waals surface area contributed by atoms with Crippen molar-refractivity contribution >= 4 is 27.5 Å². The highest BCUT2D eigenvalue weighted by Crippen LogP contribution is 2.27. The summed E-state index contributed by atoms with van der Waals surface area (Å²) in [6, 6.07) is 10.1. The molecular weight excluding hydrogens is 357 g/mol. The first kappa shape index (κ1) is 16.3. The summed E-state index contributed by atoms with van der Waals surface area (Å²) in [5, 5.41) is 4.03. The zero-order chi connectivity index (χ0) is 15.4. The van der Waals surface area contributed by atoms with Crippen LogP contribution in [0, 0.1) is 5.82 Å². The fourth-order valence-electron chi connectivity index (χ4n) is 2.10. The van der Waals surface area contributed by atoms with Crippen LogP contribution < -0.4 is 10.1 Å². The highest BCUT2D eigenvalue weighted by Gasteiger charge is 2.13. The fourth-order valence-corrected chi connectivity index (χ4v) is 2.69. The molecule has 1 N–H and O–H groups in total. The molecule has 0 saturated carbocycles. The van der Waals surface area contributed by atoms with Crippen molar-refractivity contribution < 1.29 is 9.13 Å². The summed E-state index contributed by atoms with van der Waals surface area (Å²) in [7, 11) is 1.58. The first-order valence-corrected chi connectivity index (χ1v) is 7.69. The molecular formula is C16H16BrClFNO. The molecule has 2 nitrogen and oxygen atoms in total. The van der Waals surface area contributed by atoms with Gasteiger partial charge in [0, 0.05) is 27.6 Å². The number of methoxy groups -OCH3 is 1. The molecule has 0 aliphatic rings. The van der Waals surface area contributed by atoms with Crippen molar-refractivity contribution in [3.05, 3.63) is 62.8 Å². The highest BCUT2D eigenvalue weighted by atomic mass is 79.9. The Morgan fingerprint density at radius 2 is 2.05 bits per heavy atom. The van der Waals surface area contributed by atoms with Crippen LogP contribution in [0.2, 0.25) is 5.02 Å². The summed E-state index contributed by atoms with van der Waals surface area (Å²) in [6.45, 7) is 2.54. The van der Waals surface area contributed by atoms with E-state index in [1.54, 1.807) is 13.2 Å². The smallest absolute Gasteiger partial charge is 0.123 e. The predicted molar refractivity (Wildman–Crippen MR) is 87.4 cm³/mol. The molecule has 1 atom stereocenters. The Morgan fingerprint density at radius 3 is 2.76 bits per heavy atom. The Kier molecular flexibility index (Phi) is 5.62. The first-order chi connectivity index (χ1) is 10.0. The van der Waals surface area contributed by atoms with Gasteiger partial charge >= 0.3 is 0 Å². The van der Waals surface area contributed by atoms with E-state index in [-0.39, 0.29) is 11.9 Å². The Labute approximate surface area is 137 Å². The predicted octanol–water partition coefficient (Wildman–Crippen LogP) is 5.10. The Bertz CT molecular complexity index is 636. The van der Waals surface area contributed by atoms with E-state index in [4.69, 9.17) is 16.3 Å². The van der Waals surface area contributed by atoms with Gasteiger partial charge < -0.3 is 10.1 Å². The van der Waals surface area contributed by atoms with Crippen molar-refractivity contribution in [3.63, 3.8) is 0 Å². The topological polar surface area (TPSA) is 21.3 Å². The van der Waals surface area contributed by atoms with E-state index < -0.39 is 0 Å². The van der Waals surface area contributed by atoms with Crippen molar-refractivity contribution in [1.29, 1.82) is 0 Å². The van der Waals surface area contributed by atoms with Gasteiger partial charge in [0.15, 0.2) is 0 Å². The van der Waals surface area contributed by atoms with E-state index in [9.17, 15) is 4.39 Å². The second kappa shape index (κ2) is 7.25. The molecule has 0 fully saturated rings. The second-order valence-corrected chi connectivity index (χ2v) is 6.05. The van der Waals surface area contributed by atoms with Crippen molar-refractivity contribution in [2.45, 2.75) is 19.5 Å². The molecule has 5 heteroatoms. The van der Waals surface area contributed by atoms with Crippen LogP contribution in [0.15, 0.2) is 40.9 Å². The van der Waals surface area contributed by atoms with Crippen molar-refractivity contribution in [1.82, 2.24) is 5.32 Å². The number of hydrogen-bond acceptors (Lipinski definition) is 2. The average Bonchev–Trinajstić information content (AvgIpc) is 2.47. The van der Waals surface area contributed by atoms with E-state index in [2.05, 4.69) is 21.2 Å². The molecule has 112 valence electrons. The van der Waals surface area contributed by atoms with Gasteiger partial charge in [-0.05, 0) is 48.9 Å². The van der Waals surface area contributed by atoms with Gasteiger partial charge in [-0.3, -0.25) is 0 Å². The first-order valence-electron chi connectivity index (χ1n) is 6.52. The molecule has 0 spiro atoms. The third-order valence-electron chi connectivity index (χ3n) is 3.26. The third-order valence-corrected chi connectivity index (χ3v) is 4.13. The average molecular weight is 373 g/mol. The van der Waals surface area contributed by atoms with E-state index in [1.807, 2.05) is 25.1 Å². The van der Waals surface area contributed by atoms with Gasteiger partial charge in [0.25, 0.3) is 0 Å². The van der Waals surface area contributed by atoms with Crippen molar-refractivity contribution in [3.8, 4) is 5.75 Å². The number of rotatable bonds is 5. The molecule has 2 rings (SSSR count). The molecule has 0 amide bonds. The standard InChI is InChI=1S/C16H16BrClFNO/c1-10(14-8-13(19)4-6-16(14)21-2)20-9-11-7-12(17)3-5-15(11)18/h3-8,10,20H,9H2,1-2H3. The second-order valence-electron chi connectivity index (χ2n) is 4.72. The van der Waals surface area contributed by atoms with Crippen molar-refractivity contribution in [2.75, 3.05) is 7.11 Å². The van der Waals surface area contributed by atoms with Crippen molar-refractivity contribution in [2.24, 2.45) is 0 Å². The Balaban J connectivity index is 2.13. The summed E-state index contributed by atoms with van der Waals surface area (Å²) in [5.74, 6) is 0.386. The SMILES string of the molecule is COc1ccc(F)cc1C(C)NCc1cc(Br)ccc1Cl. The lowest BCUT2D eigenvalue weighted by Crippen LogP contribution is -2.19. The molecule has 0 bridgehead atoms. The summed E-state index contributed by atoms with van der Waals surface area (Å²) >= 11 is 9.59. The summed E-state index contributed by atoms with van der Waals surface area (Å²) in [4.78, 5) is 0. The molecule has 0 saturated heterocycles. The number of halogens is 3. The maximum absolute atomic E-state index is 13.4. The van der Waals surface area contributed by atoms with Gasteiger partial charge in [0.2, 0.25) is 0 Å². The zero-order valence-corrected chi connectivity index (χ0v) is 14.1. The Hall–Kier alpha value is -1.10. The fraction of sp³-hybridized carbons (Fsp3) is 0.250. The van der Waals surface area contributed by atoms with Crippen LogP contribution in [0.1, 0.15) is 24.1 Å². The van der Waals surface area contributed by atoms with Crippen LogP contribution >= 0.6 is 27.5 Å². The van der Waals surface area contributed by atoms with Gasteiger partial charge in [-0.25, -0.2) is 4.39 Å². The van der Waals surface area contributed by atoms with E-state index >= 15 is 0 Å². The molecule has 0 heterocycles. The summed E-state index contributed by atoms with van der Waals surface area (Å²) < 4.78 is 19.7. The van der Waals surface area contributed by atoms with E-state index in [0.717, 1.165) is 15.6 Å². The van der Waals surface area contributed by atoms with Gasteiger partial charge in [-0.1, -0.05) is 27.5 Å². The maximum Gasteiger partial charge on any atom is 0.123 e. The minimum Gasteiger partial charge on any atom is -0.496 e. The normalized spacial score (nSPS) is 12.2. The molecule has 0 aliphatic carbocycles. The van der Waals surface area contributed by atoms with E-state index in [0.29, 0.717) is 17.3 Å². The number of nitrogens with one attached hydrogen (secondary N) is 1. The maximum atomic E-state index is 13.4. The lowest BCUT2D eigenvalue weighted by Gasteiger charge is -2.18. The van der Waals surface area contributed by atoms with Crippen LogP contribution in [0.25, 0.3) is 0 Å². The highest BCUT2D eigenvalue weighted by molar-refractivity contribution is 9.10. The minimum atomic E-state index is -0.278. The minimum absolute atomic E-state index is 0.0642. The molecule has 21 heavy (non-hydrogen) atoms. The molecule has 2 aromatic rings. The van der Waals surface area contributed by atoms with E-state index in [1.165, 1.54) is 12.1 Å². The summed E-state index contributed by atoms with van der Waals surface area (Å²) in [6.07, 6.45) is 0. The van der Waals surface area contributed by atoms with Gasteiger partial charge in [0.1, 0.15) is 11.6 Å². The third kappa shape index (κ3) is 4.19. The lowest BCUT2D eigenvalue weighted by atomic mass is 10.1. The molecule has 0 aromatic heterocycles. The zero-order valence-electron chi connectivity index (χ0n) is 11.8. The largest absolute Gasteiger partial charge is 0.496 e. The van der Waals surface area contributed by atoms with Crippen LogP contribution in [0.4, 0.5) is 4.39 Å². The van der Waals surface area contributed by atoms with Crippen LogP contribution in [-0.2, 0) is 6.54 Å². The number of ether oxygens (including phenoxy) is 1. The summed E-state index contributed by atoms with van der Waals surface area (Å²) in [5.41, 5.74) is 1.76. The lowest BCUT2D eigenvalue weighted by molar-refractivity contribution is 0.399. The monoisotopic (exact) mass is 371 g/mol. The molecule has 2 aromatic carbocycles. The number of hydrogen-bond donors (Lipinski definition) is 1. The van der Waals surface area contributed by atoms with Crippen LogP contribution in [0.3, 0.4) is 0 Å². The van der Waals surface area contributed by atoms with Gasteiger partial charge in [0.05, 0.1) is 7.11 Å². The quantitative estimate of drug-likeness (QED) is 0.788. The van der Waals surface area contributed by atoms with Crippen LogP contribution in [-0.4, -0.2) is 7.11 Å². The molecule has 1 unspecified atom stereocenters. The number of benzene rings is 2. The Morgan fingerprint density at radius 1 is 1.29 bits per heavy atom.